The van der Waals surface area contributed by atoms with Gasteiger partial charge in [0, 0.05) is 19.7 Å². The van der Waals surface area contributed by atoms with E-state index in [2.05, 4.69) is 9.72 Å². The summed E-state index contributed by atoms with van der Waals surface area (Å²) in [5.41, 5.74) is 0.190. The average molecular weight is 318 g/mol. The number of esters is 1. The molecule has 0 radical (unpaired) electrons. The highest BCUT2D eigenvalue weighted by molar-refractivity contribution is 5.87. The molecule has 0 fully saturated rings. The Morgan fingerprint density at radius 1 is 1.30 bits per heavy atom. The predicted molar refractivity (Wildman–Crippen MR) is 79.4 cm³/mol. The molecule has 0 aliphatic heterocycles. The first-order valence-corrected chi connectivity index (χ1v) is 6.71. The molecule has 0 saturated heterocycles. The van der Waals surface area contributed by atoms with Crippen LogP contribution in [0.5, 0.6) is 0 Å². The first-order valence-electron chi connectivity index (χ1n) is 6.71. The van der Waals surface area contributed by atoms with Gasteiger partial charge in [0.25, 0.3) is 5.56 Å². The number of ether oxygens (including phenoxy) is 1. The number of aryl methyl sites for hydroxylation is 1. The van der Waals surface area contributed by atoms with Crippen molar-refractivity contribution in [1.29, 1.82) is 0 Å². The van der Waals surface area contributed by atoms with Crippen molar-refractivity contribution in [2.24, 2.45) is 14.1 Å². The van der Waals surface area contributed by atoms with Crippen molar-refractivity contribution < 1.29 is 13.9 Å². The number of methoxy groups -OCH3 is 1. The van der Waals surface area contributed by atoms with Crippen molar-refractivity contribution in [1.82, 2.24) is 18.7 Å². The lowest BCUT2D eigenvalue weighted by atomic mass is 10.2. The number of hydrogen-bond acceptors (Lipinski definition) is 6. The van der Waals surface area contributed by atoms with Crippen LogP contribution in [0.2, 0.25) is 0 Å². The van der Waals surface area contributed by atoms with Crippen LogP contribution in [0, 0.1) is 0 Å². The maximum Gasteiger partial charge on any atom is 0.374 e. The van der Waals surface area contributed by atoms with Gasteiger partial charge in [-0.3, -0.25) is 13.9 Å². The summed E-state index contributed by atoms with van der Waals surface area (Å²) in [7, 11) is 4.20. The van der Waals surface area contributed by atoms with E-state index in [1.165, 1.54) is 31.3 Å². The zero-order chi connectivity index (χ0) is 16.7. The molecule has 9 nitrogen and oxygen atoms in total. The lowest BCUT2D eigenvalue weighted by Gasteiger charge is -2.06. The quantitative estimate of drug-likeness (QED) is 0.623. The Labute approximate surface area is 129 Å². The lowest BCUT2D eigenvalue weighted by molar-refractivity contribution is 0.0563. The lowest BCUT2D eigenvalue weighted by Crippen LogP contribution is -2.37. The molecule has 0 aliphatic carbocycles. The summed E-state index contributed by atoms with van der Waals surface area (Å²) < 4.78 is 13.6. The highest BCUT2D eigenvalue weighted by atomic mass is 16.5. The third-order valence-corrected chi connectivity index (χ3v) is 3.68. The molecule has 0 amide bonds. The normalized spacial score (nSPS) is 11.1. The highest BCUT2D eigenvalue weighted by Gasteiger charge is 2.19. The van der Waals surface area contributed by atoms with Crippen LogP contribution in [-0.2, 0) is 25.4 Å². The first-order chi connectivity index (χ1) is 11.0. The van der Waals surface area contributed by atoms with Crippen molar-refractivity contribution in [3.63, 3.8) is 0 Å². The second-order valence-electron chi connectivity index (χ2n) is 5.02. The fraction of sp³-hybridized carbons (Fsp3) is 0.286. The minimum Gasteiger partial charge on any atom is -0.463 e. The SMILES string of the molecule is COC(=O)c1occc1Cn1cnc2c1c(=O)n(C)c(=O)n2C. The molecule has 0 aromatic carbocycles. The Bertz CT molecular complexity index is 1020. The van der Waals surface area contributed by atoms with E-state index < -0.39 is 17.2 Å². The van der Waals surface area contributed by atoms with Gasteiger partial charge in [0.1, 0.15) is 0 Å². The molecular formula is C14H14N4O5. The number of carbonyl (C=O) groups excluding carboxylic acids is 1. The summed E-state index contributed by atoms with van der Waals surface area (Å²) in [6, 6.07) is 1.62. The van der Waals surface area contributed by atoms with Gasteiger partial charge in [-0.25, -0.2) is 14.6 Å². The van der Waals surface area contributed by atoms with E-state index in [1.807, 2.05) is 0 Å². The molecule has 0 bridgehead atoms. The van der Waals surface area contributed by atoms with Gasteiger partial charge >= 0.3 is 11.7 Å². The fourth-order valence-corrected chi connectivity index (χ4v) is 2.43. The first kappa shape index (κ1) is 14.8. The number of furan rings is 1. The summed E-state index contributed by atoms with van der Waals surface area (Å²) in [5, 5.41) is 0. The Morgan fingerprint density at radius 2 is 2.04 bits per heavy atom. The summed E-state index contributed by atoms with van der Waals surface area (Å²) in [6.07, 6.45) is 2.81. The van der Waals surface area contributed by atoms with Crippen LogP contribution in [0.15, 0.2) is 32.7 Å². The third-order valence-electron chi connectivity index (χ3n) is 3.68. The van der Waals surface area contributed by atoms with Gasteiger partial charge in [-0.2, -0.15) is 0 Å². The van der Waals surface area contributed by atoms with Gasteiger partial charge in [-0.05, 0) is 6.07 Å². The number of imidazole rings is 1. The Hall–Kier alpha value is -3.10. The molecule has 3 heterocycles. The highest BCUT2D eigenvalue weighted by Crippen LogP contribution is 2.15. The van der Waals surface area contributed by atoms with E-state index in [4.69, 9.17) is 4.42 Å². The van der Waals surface area contributed by atoms with E-state index in [-0.39, 0.29) is 23.5 Å². The molecule has 0 N–H and O–H groups in total. The van der Waals surface area contributed by atoms with Gasteiger partial charge in [0.15, 0.2) is 11.2 Å². The Kier molecular flexibility index (Phi) is 3.40. The molecule has 3 aromatic heterocycles. The molecule has 0 spiro atoms. The van der Waals surface area contributed by atoms with E-state index in [1.54, 1.807) is 17.7 Å². The second-order valence-corrected chi connectivity index (χ2v) is 5.02. The molecular weight excluding hydrogens is 304 g/mol. The smallest absolute Gasteiger partial charge is 0.374 e. The maximum atomic E-state index is 12.4. The summed E-state index contributed by atoms with van der Waals surface area (Å²) in [5.74, 6) is -0.536. The van der Waals surface area contributed by atoms with Crippen molar-refractivity contribution in [2.45, 2.75) is 6.54 Å². The standard InChI is InChI=1S/C14H14N4O5/c1-16-11-9(12(19)17(2)14(16)21)18(7-15-11)6-8-4-5-23-10(8)13(20)22-3/h4-5,7H,6H2,1-3H3. The number of nitrogens with zero attached hydrogens (tertiary/aromatic N) is 4. The van der Waals surface area contributed by atoms with Crippen molar-refractivity contribution in [2.75, 3.05) is 7.11 Å². The predicted octanol–water partition coefficient (Wildman–Crippen LogP) is -0.138. The van der Waals surface area contributed by atoms with E-state index in [0.29, 0.717) is 5.56 Å². The van der Waals surface area contributed by atoms with Crippen LogP contribution in [0.1, 0.15) is 16.1 Å². The molecule has 0 atom stereocenters. The molecule has 0 saturated carbocycles. The van der Waals surface area contributed by atoms with Gasteiger partial charge in [0.2, 0.25) is 5.76 Å². The summed E-state index contributed by atoms with van der Waals surface area (Å²) in [4.78, 5) is 40.0. The fourth-order valence-electron chi connectivity index (χ4n) is 2.43. The van der Waals surface area contributed by atoms with Crippen molar-refractivity contribution in [3.8, 4) is 0 Å². The minimum absolute atomic E-state index is 0.0657. The van der Waals surface area contributed by atoms with Gasteiger partial charge in [-0.1, -0.05) is 0 Å². The largest absolute Gasteiger partial charge is 0.463 e. The molecule has 23 heavy (non-hydrogen) atoms. The van der Waals surface area contributed by atoms with Gasteiger partial charge in [-0.15, -0.1) is 0 Å². The number of carbonyl (C=O) groups is 1. The van der Waals surface area contributed by atoms with Crippen molar-refractivity contribution in [3.05, 3.63) is 50.8 Å². The monoisotopic (exact) mass is 318 g/mol. The minimum atomic E-state index is -0.602. The van der Waals surface area contributed by atoms with Gasteiger partial charge in [0.05, 0.1) is 26.2 Å². The van der Waals surface area contributed by atoms with Crippen LogP contribution in [0.3, 0.4) is 0 Å². The average Bonchev–Trinajstić information content (AvgIpc) is 3.17. The second kappa shape index (κ2) is 5.27. The zero-order valence-corrected chi connectivity index (χ0v) is 12.8. The molecule has 0 unspecified atom stereocenters. The van der Waals surface area contributed by atoms with E-state index in [9.17, 15) is 14.4 Å². The third kappa shape index (κ3) is 2.17. The van der Waals surface area contributed by atoms with Crippen molar-refractivity contribution >= 4 is 17.1 Å². The molecule has 3 rings (SSSR count). The van der Waals surface area contributed by atoms with Crippen LogP contribution >= 0.6 is 0 Å². The number of rotatable bonds is 3. The number of fused-ring (bicyclic) bond motifs is 1. The maximum absolute atomic E-state index is 12.4. The van der Waals surface area contributed by atoms with Gasteiger partial charge < -0.3 is 13.7 Å². The summed E-state index contributed by atoms with van der Waals surface area (Å²) in [6.45, 7) is 0.185. The van der Waals surface area contributed by atoms with E-state index >= 15 is 0 Å². The molecule has 9 heteroatoms. The Morgan fingerprint density at radius 3 is 2.74 bits per heavy atom. The number of hydrogen-bond donors (Lipinski definition) is 0. The zero-order valence-electron chi connectivity index (χ0n) is 12.8. The Balaban J connectivity index is 2.17. The van der Waals surface area contributed by atoms with Crippen LogP contribution < -0.4 is 11.2 Å². The van der Waals surface area contributed by atoms with E-state index in [0.717, 1.165) is 4.57 Å². The summed E-state index contributed by atoms with van der Waals surface area (Å²) >= 11 is 0. The topological polar surface area (TPSA) is 101 Å². The molecule has 0 aliphatic rings. The number of aromatic nitrogens is 4. The van der Waals surface area contributed by atoms with Crippen LogP contribution in [0.25, 0.3) is 11.2 Å². The molecule has 3 aromatic rings. The molecule has 120 valence electrons. The van der Waals surface area contributed by atoms with Crippen LogP contribution in [0.4, 0.5) is 0 Å². The van der Waals surface area contributed by atoms with Crippen LogP contribution in [-0.4, -0.2) is 31.8 Å².